The highest BCUT2D eigenvalue weighted by Gasteiger charge is 2.37. The van der Waals surface area contributed by atoms with E-state index in [2.05, 4.69) is 56.5 Å². The second-order valence-corrected chi connectivity index (χ2v) is 9.97. The highest BCUT2D eigenvalue weighted by molar-refractivity contribution is 5.88. The normalized spacial score (nSPS) is 20.5. The predicted octanol–water partition coefficient (Wildman–Crippen LogP) is 4.00. The monoisotopic (exact) mass is 458 g/mol. The van der Waals surface area contributed by atoms with Crippen molar-refractivity contribution < 1.29 is 9.53 Å². The molecule has 1 aromatic heterocycles. The van der Waals surface area contributed by atoms with Crippen LogP contribution in [-0.2, 0) is 17.8 Å². The summed E-state index contributed by atoms with van der Waals surface area (Å²) in [6.07, 6.45) is 3.37. The van der Waals surface area contributed by atoms with Gasteiger partial charge in [0.25, 0.3) is 0 Å². The molecule has 0 spiro atoms. The Balaban J connectivity index is 1.16. The fraction of sp³-hybridized carbons (Fsp3) is 0.464. The number of methoxy groups -OCH3 is 1. The number of aryl methyl sites for hydroxylation is 2. The van der Waals surface area contributed by atoms with Crippen LogP contribution in [0.1, 0.15) is 35.7 Å². The molecule has 1 fully saturated rings. The van der Waals surface area contributed by atoms with E-state index in [1.807, 2.05) is 12.1 Å². The molecule has 2 aliphatic heterocycles. The summed E-state index contributed by atoms with van der Waals surface area (Å²) in [6, 6.07) is 15.3. The predicted molar refractivity (Wildman–Crippen MR) is 136 cm³/mol. The van der Waals surface area contributed by atoms with Gasteiger partial charge in [0.2, 0.25) is 5.91 Å². The Labute approximate surface area is 201 Å². The van der Waals surface area contributed by atoms with Gasteiger partial charge >= 0.3 is 0 Å². The molecule has 0 radical (unpaired) electrons. The average Bonchev–Trinajstić information content (AvgIpc) is 3.19. The molecule has 3 aliphatic rings. The van der Waals surface area contributed by atoms with Crippen molar-refractivity contribution in [2.75, 3.05) is 51.3 Å². The molecule has 0 N–H and O–H groups in total. The van der Waals surface area contributed by atoms with Crippen LogP contribution in [0.4, 0.5) is 5.69 Å². The van der Waals surface area contributed by atoms with Crippen molar-refractivity contribution in [1.82, 2.24) is 14.4 Å². The number of rotatable bonds is 4. The van der Waals surface area contributed by atoms with Crippen LogP contribution in [0.25, 0.3) is 10.9 Å². The molecule has 2 aromatic carbocycles. The summed E-state index contributed by atoms with van der Waals surface area (Å²) in [5, 5.41) is 1.40. The molecule has 3 aromatic rings. The molecule has 6 rings (SSSR count). The fourth-order valence-electron chi connectivity index (χ4n) is 6.34. The zero-order chi connectivity index (χ0) is 23.2. The van der Waals surface area contributed by atoms with Gasteiger partial charge in [0.15, 0.2) is 0 Å². The number of carbonyl (C=O) groups is 1. The first kappa shape index (κ1) is 21.5. The zero-order valence-corrected chi connectivity index (χ0v) is 20.3. The van der Waals surface area contributed by atoms with Crippen LogP contribution < -0.4 is 9.64 Å². The van der Waals surface area contributed by atoms with Crippen LogP contribution in [0.2, 0.25) is 0 Å². The van der Waals surface area contributed by atoms with Crippen LogP contribution in [-0.4, -0.2) is 66.7 Å². The van der Waals surface area contributed by atoms with Gasteiger partial charge < -0.3 is 19.1 Å². The SMILES string of the molecule is COc1ccccc1N1CCN(CC(=O)N2CCn3c4c(c5cc(C)ccc53)CCCC42)CC1. The highest BCUT2D eigenvalue weighted by atomic mass is 16.5. The van der Waals surface area contributed by atoms with Gasteiger partial charge in [0, 0.05) is 55.9 Å². The van der Waals surface area contributed by atoms with Crippen molar-refractivity contribution in [3.05, 3.63) is 59.3 Å². The molecule has 1 atom stereocenters. The second kappa shape index (κ2) is 8.66. The van der Waals surface area contributed by atoms with Gasteiger partial charge in [0.05, 0.1) is 25.4 Å². The summed E-state index contributed by atoms with van der Waals surface area (Å²) in [5.74, 6) is 1.20. The van der Waals surface area contributed by atoms with Crippen molar-refractivity contribution in [2.45, 2.75) is 38.8 Å². The first-order chi connectivity index (χ1) is 16.6. The summed E-state index contributed by atoms with van der Waals surface area (Å²) in [4.78, 5) is 20.4. The summed E-state index contributed by atoms with van der Waals surface area (Å²) in [5.41, 5.74) is 6.70. The number of anilines is 1. The van der Waals surface area contributed by atoms with Crippen molar-refractivity contribution >= 4 is 22.5 Å². The van der Waals surface area contributed by atoms with E-state index in [4.69, 9.17) is 4.74 Å². The Morgan fingerprint density at radius 1 is 1.03 bits per heavy atom. The number of carbonyl (C=O) groups excluding carboxylic acids is 1. The van der Waals surface area contributed by atoms with E-state index in [1.54, 1.807) is 7.11 Å². The maximum absolute atomic E-state index is 13.5. The third-order valence-corrected chi connectivity index (χ3v) is 8.01. The zero-order valence-electron chi connectivity index (χ0n) is 20.3. The van der Waals surface area contributed by atoms with E-state index in [1.165, 1.54) is 27.7 Å². The largest absolute Gasteiger partial charge is 0.495 e. The van der Waals surface area contributed by atoms with E-state index < -0.39 is 0 Å². The molecule has 34 heavy (non-hydrogen) atoms. The maximum atomic E-state index is 13.5. The molecule has 1 aliphatic carbocycles. The van der Waals surface area contributed by atoms with E-state index in [-0.39, 0.29) is 11.9 Å². The Bertz CT molecular complexity index is 1220. The lowest BCUT2D eigenvalue weighted by atomic mass is 9.89. The lowest BCUT2D eigenvalue weighted by Crippen LogP contribution is -2.52. The van der Waals surface area contributed by atoms with Crippen LogP contribution in [0, 0.1) is 6.92 Å². The van der Waals surface area contributed by atoms with Gasteiger partial charge in [-0.05, 0) is 56.0 Å². The van der Waals surface area contributed by atoms with Gasteiger partial charge in [-0.3, -0.25) is 9.69 Å². The molecule has 6 heteroatoms. The first-order valence-electron chi connectivity index (χ1n) is 12.7. The third-order valence-electron chi connectivity index (χ3n) is 8.01. The number of aromatic nitrogens is 1. The van der Waals surface area contributed by atoms with E-state index in [0.29, 0.717) is 6.54 Å². The lowest BCUT2D eigenvalue weighted by Gasteiger charge is -2.42. The second-order valence-electron chi connectivity index (χ2n) is 9.97. The minimum atomic E-state index is 0.229. The molecule has 1 unspecified atom stereocenters. The van der Waals surface area contributed by atoms with Gasteiger partial charge in [-0.15, -0.1) is 0 Å². The summed E-state index contributed by atoms with van der Waals surface area (Å²) in [7, 11) is 1.73. The number of ether oxygens (including phenoxy) is 1. The minimum absolute atomic E-state index is 0.229. The van der Waals surface area contributed by atoms with Crippen LogP contribution >= 0.6 is 0 Å². The lowest BCUT2D eigenvalue weighted by molar-refractivity contribution is -0.136. The molecule has 0 saturated carbocycles. The number of fused-ring (bicyclic) bond motifs is 3. The Kier molecular flexibility index (Phi) is 5.48. The van der Waals surface area contributed by atoms with Gasteiger partial charge in [-0.1, -0.05) is 23.8 Å². The molecule has 178 valence electrons. The number of benzene rings is 2. The van der Waals surface area contributed by atoms with Crippen LogP contribution in [0.3, 0.4) is 0 Å². The molecule has 1 saturated heterocycles. The summed E-state index contributed by atoms with van der Waals surface area (Å²) >= 11 is 0. The van der Waals surface area contributed by atoms with Crippen molar-refractivity contribution in [2.24, 2.45) is 0 Å². The van der Waals surface area contributed by atoms with Crippen molar-refractivity contribution in [1.29, 1.82) is 0 Å². The van der Waals surface area contributed by atoms with Crippen LogP contribution in [0.15, 0.2) is 42.5 Å². The van der Waals surface area contributed by atoms with Crippen molar-refractivity contribution in [3.8, 4) is 5.75 Å². The molecule has 3 heterocycles. The summed E-state index contributed by atoms with van der Waals surface area (Å²) < 4.78 is 8.05. The Hall–Kier alpha value is -2.99. The van der Waals surface area contributed by atoms with Gasteiger partial charge in [0.1, 0.15) is 5.75 Å². The average molecular weight is 459 g/mol. The fourth-order valence-corrected chi connectivity index (χ4v) is 6.34. The molecule has 1 amide bonds. The molecule has 6 nitrogen and oxygen atoms in total. The maximum Gasteiger partial charge on any atom is 0.237 e. The number of hydrogen-bond acceptors (Lipinski definition) is 4. The molecular formula is C28H34N4O2. The van der Waals surface area contributed by atoms with Gasteiger partial charge in [-0.2, -0.15) is 0 Å². The number of nitrogens with zero attached hydrogens (tertiary/aromatic N) is 4. The quantitative estimate of drug-likeness (QED) is 0.593. The van der Waals surface area contributed by atoms with Gasteiger partial charge in [-0.25, -0.2) is 0 Å². The van der Waals surface area contributed by atoms with Crippen LogP contribution in [0.5, 0.6) is 5.75 Å². The number of amides is 1. The standard InChI is InChI=1S/C28H34N4O2/c1-20-10-11-23-22(18-20)21-6-5-8-25-28(21)32(23)17-16-31(25)27(33)19-29-12-14-30(15-13-29)24-7-3-4-9-26(24)34-2/h3-4,7,9-11,18,25H,5-6,8,12-17,19H2,1-2H3. The number of para-hydroxylation sites is 2. The Morgan fingerprint density at radius 3 is 2.68 bits per heavy atom. The minimum Gasteiger partial charge on any atom is -0.495 e. The third kappa shape index (κ3) is 3.56. The summed E-state index contributed by atoms with van der Waals surface area (Å²) in [6.45, 7) is 8.02. The molecular weight excluding hydrogens is 424 g/mol. The number of hydrogen-bond donors (Lipinski definition) is 0. The Morgan fingerprint density at radius 2 is 1.85 bits per heavy atom. The smallest absolute Gasteiger partial charge is 0.237 e. The van der Waals surface area contributed by atoms with E-state index >= 15 is 0 Å². The molecule has 0 bridgehead atoms. The topological polar surface area (TPSA) is 41.0 Å². The van der Waals surface area contributed by atoms with E-state index in [9.17, 15) is 4.79 Å². The highest BCUT2D eigenvalue weighted by Crippen LogP contribution is 2.42. The van der Waals surface area contributed by atoms with E-state index in [0.717, 1.165) is 70.0 Å². The van der Waals surface area contributed by atoms with Crippen molar-refractivity contribution in [3.63, 3.8) is 0 Å². The first-order valence-corrected chi connectivity index (χ1v) is 12.7. The number of piperazine rings is 1.